The molecule has 1 aromatic rings. The van der Waals surface area contributed by atoms with E-state index in [1.54, 1.807) is 6.08 Å². The van der Waals surface area contributed by atoms with Crippen molar-refractivity contribution in [1.82, 2.24) is 4.90 Å². The van der Waals surface area contributed by atoms with Crippen LogP contribution < -0.4 is 5.32 Å². The summed E-state index contributed by atoms with van der Waals surface area (Å²) in [6.45, 7) is 14.5. The van der Waals surface area contributed by atoms with Gasteiger partial charge in [-0.2, -0.15) is 0 Å². The lowest BCUT2D eigenvalue weighted by atomic mass is 10.0. The second kappa shape index (κ2) is 6.60. The smallest absolute Gasteiger partial charge is 0.256 e. The Labute approximate surface area is 122 Å². The SMILES string of the molecule is C=CCN(C(=O)c1ccccc1NC(C)C)C(C)(C)C. The number of benzene rings is 1. The second-order valence-corrected chi connectivity index (χ2v) is 6.22. The normalized spacial score (nSPS) is 11.3. The summed E-state index contributed by atoms with van der Waals surface area (Å²) in [5.41, 5.74) is 1.35. The van der Waals surface area contributed by atoms with Crippen LogP contribution >= 0.6 is 0 Å². The van der Waals surface area contributed by atoms with Crippen molar-refractivity contribution in [1.29, 1.82) is 0 Å². The van der Waals surface area contributed by atoms with E-state index in [0.29, 0.717) is 12.1 Å². The molecule has 0 bridgehead atoms. The number of hydrogen-bond donors (Lipinski definition) is 1. The van der Waals surface area contributed by atoms with Crippen molar-refractivity contribution in [2.75, 3.05) is 11.9 Å². The van der Waals surface area contributed by atoms with E-state index in [-0.39, 0.29) is 17.5 Å². The van der Waals surface area contributed by atoms with E-state index >= 15 is 0 Å². The molecule has 0 saturated carbocycles. The van der Waals surface area contributed by atoms with Gasteiger partial charge in [-0.15, -0.1) is 6.58 Å². The highest BCUT2D eigenvalue weighted by Crippen LogP contribution is 2.22. The molecule has 0 saturated heterocycles. The Morgan fingerprint density at radius 3 is 2.45 bits per heavy atom. The van der Waals surface area contributed by atoms with Crippen LogP contribution in [0.25, 0.3) is 0 Å². The van der Waals surface area contributed by atoms with Crippen LogP contribution in [-0.4, -0.2) is 28.9 Å². The molecule has 0 radical (unpaired) electrons. The molecule has 0 heterocycles. The fourth-order valence-electron chi connectivity index (χ4n) is 2.04. The van der Waals surface area contributed by atoms with Gasteiger partial charge in [-0.3, -0.25) is 4.79 Å². The zero-order valence-corrected chi connectivity index (χ0v) is 13.2. The molecule has 1 N–H and O–H groups in total. The van der Waals surface area contributed by atoms with Gasteiger partial charge in [-0.05, 0) is 46.8 Å². The number of anilines is 1. The van der Waals surface area contributed by atoms with Crippen LogP contribution in [0.4, 0.5) is 5.69 Å². The molecule has 1 aromatic carbocycles. The Morgan fingerprint density at radius 2 is 1.95 bits per heavy atom. The van der Waals surface area contributed by atoms with Gasteiger partial charge in [0.15, 0.2) is 0 Å². The Hall–Kier alpha value is -1.77. The number of nitrogens with one attached hydrogen (secondary N) is 1. The standard InChI is InChI=1S/C17H26N2O/c1-7-12-19(17(4,5)6)16(20)14-10-8-9-11-15(14)18-13(2)3/h7-11,13,18H,1,12H2,2-6H3. The predicted molar refractivity (Wildman–Crippen MR) is 86.2 cm³/mol. The molecule has 0 aromatic heterocycles. The zero-order chi connectivity index (χ0) is 15.3. The van der Waals surface area contributed by atoms with Crippen LogP contribution in [0.3, 0.4) is 0 Å². The van der Waals surface area contributed by atoms with Crippen LogP contribution in [0.5, 0.6) is 0 Å². The minimum atomic E-state index is -0.240. The molecule has 20 heavy (non-hydrogen) atoms. The maximum absolute atomic E-state index is 12.8. The largest absolute Gasteiger partial charge is 0.382 e. The van der Waals surface area contributed by atoms with Crippen LogP contribution in [0.1, 0.15) is 45.0 Å². The van der Waals surface area contributed by atoms with Gasteiger partial charge in [0.25, 0.3) is 5.91 Å². The minimum absolute atomic E-state index is 0.0288. The lowest BCUT2D eigenvalue weighted by Crippen LogP contribution is -2.45. The van der Waals surface area contributed by atoms with Crippen molar-refractivity contribution >= 4 is 11.6 Å². The summed E-state index contributed by atoms with van der Waals surface area (Å²) in [5, 5.41) is 3.33. The summed E-state index contributed by atoms with van der Waals surface area (Å²) >= 11 is 0. The summed E-state index contributed by atoms with van der Waals surface area (Å²) in [7, 11) is 0. The third-order valence-corrected chi connectivity index (χ3v) is 2.97. The van der Waals surface area contributed by atoms with Gasteiger partial charge in [0.1, 0.15) is 0 Å². The second-order valence-electron chi connectivity index (χ2n) is 6.22. The Kier molecular flexibility index (Phi) is 5.37. The highest BCUT2D eigenvalue weighted by molar-refractivity contribution is 6.00. The Bertz CT molecular complexity index is 472. The molecule has 0 aliphatic rings. The van der Waals surface area contributed by atoms with Crippen molar-refractivity contribution in [2.24, 2.45) is 0 Å². The lowest BCUT2D eigenvalue weighted by Gasteiger charge is -2.35. The molecule has 0 spiro atoms. The van der Waals surface area contributed by atoms with Gasteiger partial charge in [0, 0.05) is 23.8 Å². The average Bonchev–Trinajstić information content (AvgIpc) is 2.33. The molecule has 110 valence electrons. The van der Waals surface area contributed by atoms with Gasteiger partial charge in [0.2, 0.25) is 0 Å². The quantitative estimate of drug-likeness (QED) is 0.825. The Balaban J connectivity index is 3.15. The molecule has 0 aliphatic heterocycles. The Morgan fingerprint density at radius 1 is 1.35 bits per heavy atom. The fraction of sp³-hybridized carbons (Fsp3) is 0.471. The predicted octanol–water partition coefficient (Wildman–Crippen LogP) is 3.93. The van der Waals surface area contributed by atoms with E-state index < -0.39 is 0 Å². The third kappa shape index (κ3) is 4.12. The lowest BCUT2D eigenvalue weighted by molar-refractivity contribution is 0.0617. The number of carbonyl (C=O) groups excluding carboxylic acids is 1. The number of amides is 1. The van der Waals surface area contributed by atoms with Crippen LogP contribution in [0.2, 0.25) is 0 Å². The molecular formula is C17H26N2O. The van der Waals surface area contributed by atoms with Gasteiger partial charge in [-0.25, -0.2) is 0 Å². The van der Waals surface area contributed by atoms with Gasteiger partial charge < -0.3 is 10.2 Å². The van der Waals surface area contributed by atoms with Gasteiger partial charge in [0.05, 0.1) is 5.56 Å². The average molecular weight is 274 g/mol. The summed E-state index contributed by atoms with van der Waals surface area (Å²) in [6, 6.07) is 7.94. The molecule has 3 nitrogen and oxygen atoms in total. The number of rotatable bonds is 5. The zero-order valence-electron chi connectivity index (χ0n) is 13.2. The van der Waals surface area contributed by atoms with Crippen LogP contribution in [0, 0.1) is 0 Å². The molecule has 1 rings (SSSR count). The first-order chi connectivity index (χ1) is 9.27. The number of hydrogen-bond acceptors (Lipinski definition) is 2. The fourth-order valence-corrected chi connectivity index (χ4v) is 2.04. The van der Waals surface area contributed by atoms with Gasteiger partial charge >= 0.3 is 0 Å². The van der Waals surface area contributed by atoms with Crippen LogP contribution in [-0.2, 0) is 0 Å². The van der Waals surface area contributed by atoms with Crippen molar-refractivity contribution in [3.8, 4) is 0 Å². The first kappa shape index (κ1) is 16.3. The van der Waals surface area contributed by atoms with Crippen molar-refractivity contribution in [3.63, 3.8) is 0 Å². The highest BCUT2D eigenvalue weighted by Gasteiger charge is 2.27. The molecule has 0 atom stereocenters. The number of carbonyl (C=O) groups is 1. The van der Waals surface area contributed by atoms with Crippen molar-refractivity contribution in [3.05, 3.63) is 42.5 Å². The van der Waals surface area contributed by atoms with E-state index in [4.69, 9.17) is 0 Å². The number of nitrogens with zero attached hydrogens (tertiary/aromatic N) is 1. The molecule has 1 amide bonds. The number of para-hydroxylation sites is 1. The topological polar surface area (TPSA) is 32.3 Å². The summed E-state index contributed by atoms with van der Waals surface area (Å²) < 4.78 is 0. The first-order valence-electron chi connectivity index (χ1n) is 7.05. The monoisotopic (exact) mass is 274 g/mol. The third-order valence-electron chi connectivity index (χ3n) is 2.97. The first-order valence-corrected chi connectivity index (χ1v) is 7.05. The van der Waals surface area contributed by atoms with Crippen molar-refractivity contribution < 1.29 is 4.79 Å². The van der Waals surface area contributed by atoms with E-state index in [0.717, 1.165) is 5.69 Å². The van der Waals surface area contributed by atoms with E-state index in [9.17, 15) is 4.79 Å². The highest BCUT2D eigenvalue weighted by atomic mass is 16.2. The van der Waals surface area contributed by atoms with Crippen molar-refractivity contribution in [2.45, 2.75) is 46.2 Å². The summed E-state index contributed by atoms with van der Waals surface area (Å²) in [6.07, 6.45) is 1.77. The van der Waals surface area contributed by atoms with Crippen LogP contribution in [0.15, 0.2) is 36.9 Å². The summed E-state index contributed by atoms with van der Waals surface area (Å²) in [4.78, 5) is 14.7. The molecule has 0 aliphatic carbocycles. The molecular weight excluding hydrogens is 248 g/mol. The van der Waals surface area contributed by atoms with E-state index in [1.807, 2.05) is 49.9 Å². The minimum Gasteiger partial charge on any atom is -0.382 e. The summed E-state index contributed by atoms with van der Waals surface area (Å²) in [5.74, 6) is 0.0288. The molecule has 0 unspecified atom stereocenters. The van der Waals surface area contributed by atoms with E-state index in [2.05, 4.69) is 25.7 Å². The molecule has 0 fully saturated rings. The van der Waals surface area contributed by atoms with E-state index in [1.165, 1.54) is 0 Å². The maximum atomic E-state index is 12.8. The molecule has 3 heteroatoms. The van der Waals surface area contributed by atoms with Gasteiger partial charge in [-0.1, -0.05) is 18.2 Å². The maximum Gasteiger partial charge on any atom is 0.256 e.